The van der Waals surface area contributed by atoms with Crippen molar-refractivity contribution < 1.29 is 4.79 Å². The highest BCUT2D eigenvalue weighted by molar-refractivity contribution is 6.11. The minimum Gasteiger partial charge on any atom is -0.321 e. The maximum atomic E-state index is 12.9. The van der Waals surface area contributed by atoms with Crippen LogP contribution >= 0.6 is 0 Å². The molecule has 3 nitrogen and oxygen atoms in total. The zero-order chi connectivity index (χ0) is 22.9. The second kappa shape index (κ2) is 8.53. The van der Waals surface area contributed by atoms with Crippen molar-refractivity contribution in [1.82, 2.24) is 4.57 Å². The van der Waals surface area contributed by atoms with Crippen LogP contribution in [0.2, 0.25) is 0 Å². The van der Waals surface area contributed by atoms with Crippen molar-refractivity contribution >= 4 is 33.4 Å². The topological polar surface area (TPSA) is 34.0 Å². The van der Waals surface area contributed by atoms with Gasteiger partial charge in [-0.05, 0) is 54.8 Å². The average Bonchev–Trinajstić information content (AvgIpc) is 3.24. The van der Waals surface area contributed by atoms with Gasteiger partial charge in [0.2, 0.25) is 0 Å². The Morgan fingerprint density at radius 2 is 1.50 bits per heavy atom. The highest BCUT2D eigenvalue weighted by Gasteiger charge is 2.15. The lowest BCUT2D eigenvalue weighted by atomic mass is 10.0. The molecule has 34 heavy (non-hydrogen) atoms. The number of anilines is 1. The predicted molar refractivity (Wildman–Crippen MR) is 141 cm³/mol. The molecular formula is C31H24N2O. The molecule has 0 unspecified atom stereocenters. The van der Waals surface area contributed by atoms with Gasteiger partial charge in [0.1, 0.15) is 0 Å². The molecular weight excluding hydrogens is 416 g/mol. The van der Waals surface area contributed by atoms with E-state index in [1.165, 1.54) is 16.3 Å². The Labute approximate surface area is 198 Å². The lowest BCUT2D eigenvalue weighted by Crippen LogP contribution is -2.14. The fourth-order valence-electron chi connectivity index (χ4n) is 4.82. The number of hydrogen-bond donors (Lipinski definition) is 1. The van der Waals surface area contributed by atoms with Gasteiger partial charge in [-0.15, -0.1) is 0 Å². The molecule has 6 rings (SSSR count). The Bertz CT molecular complexity index is 1590. The fraction of sp³-hybridized carbons (Fsp3) is 0.0645. The van der Waals surface area contributed by atoms with E-state index in [9.17, 15) is 4.79 Å². The zero-order valence-corrected chi connectivity index (χ0v) is 18.7. The van der Waals surface area contributed by atoms with E-state index in [1.807, 2.05) is 36.4 Å². The molecule has 0 saturated heterocycles. The number of hydrogen-bond acceptors (Lipinski definition) is 1. The van der Waals surface area contributed by atoms with Crippen molar-refractivity contribution in [3.05, 3.63) is 121 Å². The van der Waals surface area contributed by atoms with Gasteiger partial charge in [-0.1, -0.05) is 78.9 Å². The van der Waals surface area contributed by atoms with Crippen molar-refractivity contribution in [3.63, 3.8) is 0 Å². The summed E-state index contributed by atoms with van der Waals surface area (Å²) in [5.41, 5.74) is 7.11. The van der Waals surface area contributed by atoms with Gasteiger partial charge in [0.05, 0.1) is 11.0 Å². The van der Waals surface area contributed by atoms with Gasteiger partial charge < -0.3 is 9.88 Å². The Morgan fingerprint density at radius 1 is 0.735 bits per heavy atom. The standard InChI is InChI=1S/C31H24N2O/c34-31(22-11-3-1-4-12-22)32-28-17-9-7-15-25(28)23-19-20-30-27(21-23)26-16-8-10-18-29(26)33(30)24-13-5-2-6-14-24/h2-3,5-21H,1,4H2,(H,32,34). The van der Waals surface area contributed by atoms with E-state index in [0.717, 1.165) is 46.4 Å². The number of benzene rings is 4. The summed E-state index contributed by atoms with van der Waals surface area (Å²) in [6.07, 6.45) is 7.86. The molecule has 164 valence electrons. The van der Waals surface area contributed by atoms with Crippen LogP contribution in [0.1, 0.15) is 12.8 Å². The fourth-order valence-corrected chi connectivity index (χ4v) is 4.82. The van der Waals surface area contributed by atoms with E-state index in [4.69, 9.17) is 0 Å². The van der Waals surface area contributed by atoms with Crippen LogP contribution < -0.4 is 5.32 Å². The number of rotatable bonds is 4. The van der Waals surface area contributed by atoms with E-state index in [0.29, 0.717) is 0 Å². The molecule has 1 aliphatic rings. The highest BCUT2D eigenvalue weighted by Crippen LogP contribution is 2.36. The Kier molecular flexibility index (Phi) is 5.08. The van der Waals surface area contributed by atoms with Crippen LogP contribution in [-0.4, -0.2) is 10.5 Å². The van der Waals surface area contributed by atoms with Crippen molar-refractivity contribution in [2.45, 2.75) is 12.8 Å². The van der Waals surface area contributed by atoms with E-state index in [1.54, 1.807) is 0 Å². The molecule has 1 aromatic heterocycles. The third kappa shape index (κ3) is 3.52. The minimum atomic E-state index is -0.0647. The maximum Gasteiger partial charge on any atom is 0.255 e. The number of nitrogens with one attached hydrogen (secondary N) is 1. The smallest absolute Gasteiger partial charge is 0.255 e. The normalized spacial score (nSPS) is 13.2. The van der Waals surface area contributed by atoms with Crippen LogP contribution in [0.5, 0.6) is 0 Å². The molecule has 4 aromatic carbocycles. The van der Waals surface area contributed by atoms with Crippen molar-refractivity contribution in [2.75, 3.05) is 5.32 Å². The average molecular weight is 441 g/mol. The summed E-state index contributed by atoms with van der Waals surface area (Å²) in [5.74, 6) is -0.0647. The molecule has 1 heterocycles. The van der Waals surface area contributed by atoms with Crippen molar-refractivity contribution in [3.8, 4) is 16.8 Å². The molecule has 0 spiro atoms. The quantitative estimate of drug-likeness (QED) is 0.306. The third-order valence-corrected chi connectivity index (χ3v) is 6.43. The summed E-state index contributed by atoms with van der Waals surface area (Å²) < 4.78 is 2.31. The van der Waals surface area contributed by atoms with E-state index < -0.39 is 0 Å². The first-order valence-corrected chi connectivity index (χ1v) is 11.7. The summed E-state index contributed by atoms with van der Waals surface area (Å²) in [6.45, 7) is 0. The Balaban J connectivity index is 1.48. The van der Waals surface area contributed by atoms with Crippen LogP contribution in [0.15, 0.2) is 121 Å². The predicted octanol–water partition coefficient (Wildman–Crippen LogP) is 7.67. The largest absolute Gasteiger partial charge is 0.321 e. The molecule has 0 radical (unpaired) electrons. The van der Waals surface area contributed by atoms with Gasteiger partial charge >= 0.3 is 0 Å². The SMILES string of the molecule is O=C(Nc1ccccc1-c1ccc2c(c1)c1ccccc1n2-c1ccccc1)C1=CCCC=C1. The monoisotopic (exact) mass is 440 g/mol. The van der Waals surface area contributed by atoms with Crippen LogP contribution in [0.4, 0.5) is 5.69 Å². The van der Waals surface area contributed by atoms with Crippen molar-refractivity contribution in [1.29, 1.82) is 0 Å². The van der Waals surface area contributed by atoms with Gasteiger partial charge in [-0.2, -0.15) is 0 Å². The molecule has 0 fully saturated rings. The number of carbonyl (C=O) groups is 1. The second-order valence-electron chi connectivity index (χ2n) is 8.56. The zero-order valence-electron chi connectivity index (χ0n) is 18.7. The van der Waals surface area contributed by atoms with Gasteiger partial charge in [-0.3, -0.25) is 4.79 Å². The molecule has 3 heteroatoms. The molecule has 0 aliphatic heterocycles. The number of amides is 1. The number of para-hydroxylation sites is 3. The number of carbonyl (C=O) groups excluding carboxylic acids is 1. The molecule has 5 aromatic rings. The van der Waals surface area contributed by atoms with Gasteiger partial charge in [0.15, 0.2) is 0 Å². The highest BCUT2D eigenvalue weighted by atomic mass is 16.1. The third-order valence-electron chi connectivity index (χ3n) is 6.43. The van der Waals surface area contributed by atoms with Gasteiger partial charge in [0, 0.05) is 33.3 Å². The van der Waals surface area contributed by atoms with E-state index >= 15 is 0 Å². The summed E-state index contributed by atoms with van der Waals surface area (Å²) in [4.78, 5) is 12.9. The number of allylic oxidation sites excluding steroid dienone is 2. The first-order valence-electron chi connectivity index (χ1n) is 11.7. The van der Waals surface area contributed by atoms with Crippen LogP contribution in [-0.2, 0) is 4.79 Å². The number of fused-ring (bicyclic) bond motifs is 3. The lowest BCUT2D eigenvalue weighted by molar-refractivity contribution is -0.112. The molecule has 0 atom stereocenters. The second-order valence-corrected chi connectivity index (χ2v) is 8.56. The summed E-state index contributed by atoms with van der Waals surface area (Å²) in [5, 5.41) is 5.53. The first kappa shape index (κ1) is 20.3. The minimum absolute atomic E-state index is 0.0647. The van der Waals surface area contributed by atoms with E-state index in [-0.39, 0.29) is 5.91 Å². The lowest BCUT2D eigenvalue weighted by Gasteiger charge is -2.13. The van der Waals surface area contributed by atoms with Crippen LogP contribution in [0.3, 0.4) is 0 Å². The molecule has 1 amide bonds. The van der Waals surface area contributed by atoms with E-state index in [2.05, 4.69) is 88.8 Å². The molecule has 1 N–H and O–H groups in total. The summed E-state index contributed by atoms with van der Waals surface area (Å²) in [7, 11) is 0. The Hall–Kier alpha value is -4.37. The first-order chi connectivity index (χ1) is 16.8. The number of nitrogens with zero attached hydrogens (tertiary/aromatic N) is 1. The summed E-state index contributed by atoms with van der Waals surface area (Å²) in [6, 6.07) is 33.6. The maximum absolute atomic E-state index is 12.9. The summed E-state index contributed by atoms with van der Waals surface area (Å²) >= 11 is 0. The van der Waals surface area contributed by atoms with Crippen LogP contribution in [0.25, 0.3) is 38.6 Å². The Morgan fingerprint density at radius 3 is 2.35 bits per heavy atom. The number of aromatic nitrogens is 1. The molecule has 0 saturated carbocycles. The van der Waals surface area contributed by atoms with Gasteiger partial charge in [0.25, 0.3) is 5.91 Å². The van der Waals surface area contributed by atoms with Crippen molar-refractivity contribution in [2.24, 2.45) is 0 Å². The van der Waals surface area contributed by atoms with Gasteiger partial charge in [-0.25, -0.2) is 0 Å². The van der Waals surface area contributed by atoms with Crippen LogP contribution in [0, 0.1) is 0 Å². The molecule has 0 bridgehead atoms. The molecule has 1 aliphatic carbocycles.